The van der Waals surface area contributed by atoms with Gasteiger partial charge in [0.15, 0.2) is 5.58 Å². The third-order valence-electron chi connectivity index (χ3n) is 2.18. The van der Waals surface area contributed by atoms with Gasteiger partial charge in [0, 0.05) is 24.8 Å². The van der Waals surface area contributed by atoms with Gasteiger partial charge in [0.05, 0.1) is 6.26 Å². The lowest BCUT2D eigenvalue weighted by Crippen LogP contribution is -2.27. The highest BCUT2D eigenvalue weighted by atomic mass is 32.2. The van der Waals surface area contributed by atoms with Gasteiger partial charge in [-0.15, -0.1) is 0 Å². The Morgan fingerprint density at radius 3 is 2.89 bits per heavy atom. The van der Waals surface area contributed by atoms with Crippen LogP contribution in [0.4, 0.5) is 11.7 Å². The molecule has 0 bridgehead atoms. The molecule has 0 atom stereocenters. The maximum Gasteiger partial charge on any atom is 0.295 e. The normalized spacial score (nSPS) is 11.8. The highest BCUT2D eigenvalue weighted by Gasteiger charge is 2.05. The lowest BCUT2D eigenvalue weighted by molar-refractivity contribution is 0.586. The minimum Gasteiger partial charge on any atom is -0.423 e. The zero-order chi connectivity index (χ0) is 13.2. The number of nitrogen functional groups attached to an aromatic ring is 1. The maximum atomic E-state index is 10.8. The molecular formula is C10H14N4O3S. The minimum atomic E-state index is -3.17. The van der Waals surface area contributed by atoms with Gasteiger partial charge in [0.2, 0.25) is 10.0 Å². The summed E-state index contributed by atoms with van der Waals surface area (Å²) in [6.45, 7) is 0.648. The van der Waals surface area contributed by atoms with Crippen LogP contribution >= 0.6 is 0 Å². The fourth-order valence-corrected chi connectivity index (χ4v) is 1.90. The molecule has 8 heteroatoms. The van der Waals surface area contributed by atoms with E-state index in [4.69, 9.17) is 10.2 Å². The van der Waals surface area contributed by atoms with E-state index in [2.05, 4.69) is 15.0 Å². The van der Waals surface area contributed by atoms with Gasteiger partial charge in [-0.3, -0.25) is 0 Å². The zero-order valence-corrected chi connectivity index (χ0v) is 10.6. The van der Waals surface area contributed by atoms with Gasteiger partial charge in [0.25, 0.3) is 6.01 Å². The molecule has 0 saturated carbocycles. The summed E-state index contributed by atoms with van der Waals surface area (Å²) in [6.07, 6.45) is 1.11. The molecule has 0 saturated heterocycles. The summed E-state index contributed by atoms with van der Waals surface area (Å²) in [5.74, 6) is 0. The Hall–Kier alpha value is -1.80. The summed E-state index contributed by atoms with van der Waals surface area (Å²) in [4.78, 5) is 4.18. The highest BCUT2D eigenvalue weighted by molar-refractivity contribution is 7.88. The van der Waals surface area contributed by atoms with E-state index >= 15 is 0 Å². The van der Waals surface area contributed by atoms with Crippen molar-refractivity contribution in [3.05, 3.63) is 18.2 Å². The summed E-state index contributed by atoms with van der Waals surface area (Å²) in [7, 11) is -3.17. The van der Waals surface area contributed by atoms with Crippen molar-refractivity contribution in [3.63, 3.8) is 0 Å². The Bertz CT molecular complexity index is 650. The average Bonchev–Trinajstić information content (AvgIpc) is 2.65. The van der Waals surface area contributed by atoms with E-state index in [1.807, 2.05) is 0 Å². The molecule has 0 unspecified atom stereocenters. The van der Waals surface area contributed by atoms with Gasteiger partial charge in [-0.05, 0) is 12.1 Å². The lowest BCUT2D eigenvalue weighted by Gasteiger charge is -2.01. The number of oxazole rings is 1. The fourth-order valence-electron chi connectivity index (χ4n) is 1.42. The van der Waals surface area contributed by atoms with E-state index < -0.39 is 10.0 Å². The minimum absolute atomic E-state index is 0.264. The van der Waals surface area contributed by atoms with E-state index in [1.54, 1.807) is 18.2 Å². The predicted molar refractivity (Wildman–Crippen MR) is 69.8 cm³/mol. The zero-order valence-electron chi connectivity index (χ0n) is 9.80. The fraction of sp³-hybridized carbons (Fsp3) is 0.300. The van der Waals surface area contributed by atoms with Gasteiger partial charge in [0.1, 0.15) is 5.52 Å². The van der Waals surface area contributed by atoms with Crippen LogP contribution in [0.5, 0.6) is 0 Å². The predicted octanol–water partition coefficient (Wildman–Crippen LogP) is 0.371. The van der Waals surface area contributed by atoms with Crippen molar-refractivity contribution in [2.24, 2.45) is 0 Å². The molecule has 0 aliphatic rings. The van der Waals surface area contributed by atoms with Gasteiger partial charge in [-0.1, -0.05) is 0 Å². The largest absolute Gasteiger partial charge is 0.423 e. The maximum absolute atomic E-state index is 10.8. The second kappa shape index (κ2) is 4.83. The molecule has 0 aliphatic heterocycles. The molecule has 7 nitrogen and oxygen atoms in total. The Balaban J connectivity index is 1.96. The molecule has 4 N–H and O–H groups in total. The van der Waals surface area contributed by atoms with E-state index in [0.29, 0.717) is 29.3 Å². The topological polar surface area (TPSA) is 110 Å². The number of nitrogens with two attached hydrogens (primary N) is 1. The van der Waals surface area contributed by atoms with Crippen LogP contribution in [0.1, 0.15) is 0 Å². The van der Waals surface area contributed by atoms with Crippen molar-refractivity contribution in [2.45, 2.75) is 0 Å². The molecule has 0 amide bonds. The number of benzene rings is 1. The molecule has 1 aromatic carbocycles. The lowest BCUT2D eigenvalue weighted by atomic mass is 10.3. The molecule has 2 aromatic rings. The van der Waals surface area contributed by atoms with Crippen molar-refractivity contribution in [3.8, 4) is 0 Å². The number of fused-ring (bicyclic) bond motifs is 1. The number of sulfonamides is 1. The Morgan fingerprint density at radius 2 is 2.17 bits per heavy atom. The van der Waals surface area contributed by atoms with E-state index in [0.717, 1.165) is 6.26 Å². The molecule has 0 fully saturated rings. The third-order valence-corrected chi connectivity index (χ3v) is 2.91. The van der Waals surface area contributed by atoms with Crippen LogP contribution in [0, 0.1) is 0 Å². The number of hydrogen-bond donors (Lipinski definition) is 3. The summed E-state index contributed by atoms with van der Waals surface area (Å²) >= 11 is 0. The number of aromatic nitrogens is 1. The molecular weight excluding hydrogens is 256 g/mol. The average molecular weight is 270 g/mol. The quantitative estimate of drug-likeness (QED) is 0.535. The van der Waals surface area contributed by atoms with Gasteiger partial charge in [-0.25, -0.2) is 13.1 Å². The van der Waals surface area contributed by atoms with Crippen LogP contribution < -0.4 is 15.8 Å². The molecule has 0 aliphatic carbocycles. The standard InChI is InChI=1S/C10H14N4O3S/c1-18(15,16)13-5-4-12-10-14-8-3-2-7(11)6-9(8)17-10/h2-3,6,13H,4-5,11H2,1H3,(H,12,14). The molecule has 0 spiro atoms. The number of hydrogen-bond acceptors (Lipinski definition) is 6. The van der Waals surface area contributed by atoms with Crippen LogP contribution in [-0.2, 0) is 10.0 Å². The van der Waals surface area contributed by atoms with Crippen LogP contribution in [0.15, 0.2) is 22.6 Å². The summed E-state index contributed by atoms with van der Waals surface area (Å²) in [5, 5.41) is 2.88. The van der Waals surface area contributed by atoms with Crippen molar-refractivity contribution < 1.29 is 12.8 Å². The number of nitrogens with zero attached hydrogens (tertiary/aromatic N) is 1. The van der Waals surface area contributed by atoms with Crippen LogP contribution in [0.3, 0.4) is 0 Å². The van der Waals surface area contributed by atoms with Gasteiger partial charge < -0.3 is 15.5 Å². The molecule has 0 radical (unpaired) electrons. The number of rotatable bonds is 5. The SMILES string of the molecule is CS(=O)(=O)NCCNc1nc2ccc(N)cc2o1. The molecule has 1 heterocycles. The van der Waals surface area contributed by atoms with Crippen molar-refractivity contribution in [1.82, 2.24) is 9.71 Å². The van der Waals surface area contributed by atoms with Crippen molar-refractivity contribution in [2.75, 3.05) is 30.4 Å². The smallest absolute Gasteiger partial charge is 0.295 e. The Morgan fingerprint density at radius 1 is 1.39 bits per heavy atom. The van der Waals surface area contributed by atoms with Gasteiger partial charge in [-0.2, -0.15) is 4.98 Å². The van der Waals surface area contributed by atoms with Crippen LogP contribution in [-0.4, -0.2) is 32.7 Å². The second-order valence-electron chi connectivity index (χ2n) is 3.84. The third kappa shape index (κ3) is 3.34. The van der Waals surface area contributed by atoms with Crippen molar-refractivity contribution >= 4 is 32.8 Å². The summed E-state index contributed by atoms with van der Waals surface area (Å²) in [6, 6.07) is 5.52. The first-order valence-electron chi connectivity index (χ1n) is 5.28. The highest BCUT2D eigenvalue weighted by Crippen LogP contribution is 2.20. The van der Waals surface area contributed by atoms with Gasteiger partial charge >= 0.3 is 0 Å². The first-order chi connectivity index (χ1) is 8.44. The van der Waals surface area contributed by atoms with Crippen molar-refractivity contribution in [1.29, 1.82) is 0 Å². The van der Waals surface area contributed by atoms with E-state index in [1.165, 1.54) is 0 Å². The molecule has 2 rings (SSSR count). The number of nitrogens with one attached hydrogen (secondary N) is 2. The first-order valence-corrected chi connectivity index (χ1v) is 7.18. The molecule has 1 aromatic heterocycles. The molecule has 98 valence electrons. The first kappa shape index (κ1) is 12.7. The van der Waals surface area contributed by atoms with E-state index in [9.17, 15) is 8.42 Å². The number of anilines is 2. The Labute approximate surface area is 104 Å². The van der Waals surface area contributed by atoms with Crippen LogP contribution in [0.25, 0.3) is 11.1 Å². The molecule has 18 heavy (non-hydrogen) atoms. The second-order valence-corrected chi connectivity index (χ2v) is 5.67. The monoisotopic (exact) mass is 270 g/mol. The summed E-state index contributed by atoms with van der Waals surface area (Å²) < 4.78 is 29.4. The Kier molecular flexibility index (Phi) is 3.39. The van der Waals surface area contributed by atoms with E-state index in [-0.39, 0.29) is 6.54 Å². The van der Waals surface area contributed by atoms with Crippen LogP contribution in [0.2, 0.25) is 0 Å². The summed E-state index contributed by atoms with van der Waals surface area (Å²) in [5.41, 5.74) is 7.51.